The van der Waals surface area contributed by atoms with Crippen molar-refractivity contribution in [1.82, 2.24) is 5.32 Å². The van der Waals surface area contributed by atoms with Crippen LogP contribution in [0.15, 0.2) is 0 Å². The number of hydrogen-bond acceptors (Lipinski definition) is 3. The Morgan fingerprint density at radius 2 is 2.00 bits per heavy atom. The Labute approximate surface area is 131 Å². The molecule has 3 nitrogen and oxygen atoms in total. The number of likely N-dealkylation sites (N-methyl/N-ethyl adjacent to an activating group) is 1. The largest absolute Gasteiger partial charge is 0.394 e. The van der Waals surface area contributed by atoms with Crippen LogP contribution in [0.1, 0.15) is 73.1 Å². The highest BCUT2D eigenvalue weighted by Gasteiger charge is 2.32. The summed E-state index contributed by atoms with van der Waals surface area (Å²) in [5.74, 6) is 0.783. The van der Waals surface area contributed by atoms with Crippen molar-refractivity contribution in [3.63, 3.8) is 0 Å². The van der Waals surface area contributed by atoms with Crippen LogP contribution in [0.4, 0.5) is 0 Å². The van der Waals surface area contributed by atoms with Crippen molar-refractivity contribution in [2.75, 3.05) is 19.8 Å². The number of nitrogens with one attached hydrogen (secondary N) is 1. The first-order valence-electron chi connectivity index (χ1n) is 8.78. The van der Waals surface area contributed by atoms with Crippen LogP contribution in [-0.2, 0) is 4.74 Å². The van der Waals surface area contributed by atoms with E-state index in [1.165, 1.54) is 19.3 Å². The molecule has 0 radical (unpaired) electrons. The number of unbranched alkanes of at least 4 members (excludes halogenated alkanes) is 1. The van der Waals surface area contributed by atoms with E-state index in [2.05, 4.69) is 39.9 Å². The van der Waals surface area contributed by atoms with E-state index >= 15 is 0 Å². The maximum Gasteiger partial charge on any atom is 0.0610 e. The third-order valence-electron chi connectivity index (χ3n) is 4.78. The SMILES string of the molecule is CCNC(C)(CO)CCCCOC1CC(C)CC(C)(C)C1. The van der Waals surface area contributed by atoms with Crippen LogP contribution in [0, 0.1) is 11.3 Å². The molecule has 3 atom stereocenters. The lowest BCUT2D eigenvalue weighted by Gasteiger charge is -2.38. The van der Waals surface area contributed by atoms with Gasteiger partial charge in [-0.05, 0) is 63.3 Å². The highest BCUT2D eigenvalue weighted by molar-refractivity contribution is 4.84. The van der Waals surface area contributed by atoms with E-state index in [-0.39, 0.29) is 12.1 Å². The van der Waals surface area contributed by atoms with Crippen LogP contribution < -0.4 is 5.32 Å². The van der Waals surface area contributed by atoms with Crippen LogP contribution in [0.5, 0.6) is 0 Å². The fourth-order valence-electron chi connectivity index (χ4n) is 3.90. The molecule has 0 heterocycles. The normalized spacial score (nSPS) is 28.3. The van der Waals surface area contributed by atoms with Crippen LogP contribution in [0.2, 0.25) is 0 Å². The van der Waals surface area contributed by atoms with Crippen molar-refractivity contribution < 1.29 is 9.84 Å². The molecular weight excluding hydrogens is 262 g/mol. The molecule has 1 fully saturated rings. The van der Waals surface area contributed by atoms with Gasteiger partial charge in [0.25, 0.3) is 0 Å². The molecule has 126 valence electrons. The quantitative estimate of drug-likeness (QED) is 0.637. The van der Waals surface area contributed by atoms with Gasteiger partial charge in [-0.2, -0.15) is 0 Å². The lowest BCUT2D eigenvalue weighted by Crippen LogP contribution is -2.45. The summed E-state index contributed by atoms with van der Waals surface area (Å²) in [6.45, 7) is 13.2. The molecule has 21 heavy (non-hydrogen) atoms. The van der Waals surface area contributed by atoms with Crippen LogP contribution >= 0.6 is 0 Å². The molecule has 0 saturated heterocycles. The molecule has 1 rings (SSSR count). The second kappa shape index (κ2) is 8.50. The number of ether oxygens (including phenoxy) is 1. The Morgan fingerprint density at radius 1 is 1.29 bits per heavy atom. The van der Waals surface area contributed by atoms with E-state index in [4.69, 9.17) is 4.74 Å². The van der Waals surface area contributed by atoms with Crippen molar-refractivity contribution in [2.24, 2.45) is 11.3 Å². The van der Waals surface area contributed by atoms with E-state index in [1.807, 2.05) is 0 Å². The maximum atomic E-state index is 9.47. The molecule has 0 amide bonds. The second-order valence-corrected chi connectivity index (χ2v) is 8.11. The van der Waals surface area contributed by atoms with Gasteiger partial charge in [-0.3, -0.25) is 0 Å². The summed E-state index contributed by atoms with van der Waals surface area (Å²) in [4.78, 5) is 0. The van der Waals surface area contributed by atoms with Crippen molar-refractivity contribution in [2.45, 2.75) is 84.8 Å². The molecule has 0 aromatic rings. The predicted molar refractivity (Wildman–Crippen MR) is 89.6 cm³/mol. The average Bonchev–Trinajstić information content (AvgIpc) is 2.36. The van der Waals surface area contributed by atoms with Gasteiger partial charge in [-0.1, -0.05) is 27.7 Å². The van der Waals surface area contributed by atoms with Crippen LogP contribution in [0.25, 0.3) is 0 Å². The van der Waals surface area contributed by atoms with E-state index in [0.717, 1.165) is 38.3 Å². The van der Waals surface area contributed by atoms with Crippen LogP contribution in [-0.4, -0.2) is 36.5 Å². The number of aliphatic hydroxyl groups is 1. The lowest BCUT2D eigenvalue weighted by molar-refractivity contribution is -0.0245. The lowest BCUT2D eigenvalue weighted by atomic mass is 9.71. The molecule has 0 aliphatic heterocycles. The van der Waals surface area contributed by atoms with Gasteiger partial charge in [-0.25, -0.2) is 0 Å². The first-order valence-corrected chi connectivity index (χ1v) is 8.78. The van der Waals surface area contributed by atoms with Gasteiger partial charge in [0.1, 0.15) is 0 Å². The zero-order valence-corrected chi connectivity index (χ0v) is 14.9. The molecule has 1 aliphatic carbocycles. The third-order valence-corrected chi connectivity index (χ3v) is 4.78. The molecule has 0 aromatic heterocycles. The van der Waals surface area contributed by atoms with Gasteiger partial charge in [0, 0.05) is 12.1 Å². The predicted octanol–water partition coefficient (Wildman–Crippen LogP) is 3.75. The van der Waals surface area contributed by atoms with Crippen LogP contribution in [0.3, 0.4) is 0 Å². The minimum absolute atomic E-state index is 0.129. The zero-order chi connectivity index (χ0) is 15.9. The summed E-state index contributed by atoms with van der Waals surface area (Å²) >= 11 is 0. The Kier molecular flexibility index (Phi) is 7.66. The van der Waals surface area contributed by atoms with Gasteiger partial charge in [0.2, 0.25) is 0 Å². The first-order chi connectivity index (χ1) is 9.80. The van der Waals surface area contributed by atoms with Crippen molar-refractivity contribution in [3.05, 3.63) is 0 Å². The van der Waals surface area contributed by atoms with Crippen molar-refractivity contribution in [3.8, 4) is 0 Å². The Morgan fingerprint density at radius 3 is 2.57 bits per heavy atom. The monoisotopic (exact) mass is 299 g/mol. The van der Waals surface area contributed by atoms with Gasteiger partial charge < -0.3 is 15.2 Å². The Balaban J connectivity index is 2.19. The van der Waals surface area contributed by atoms with Gasteiger partial charge in [0.15, 0.2) is 0 Å². The molecule has 0 bridgehead atoms. The topological polar surface area (TPSA) is 41.5 Å². The number of hydrogen-bond donors (Lipinski definition) is 2. The zero-order valence-electron chi connectivity index (χ0n) is 14.9. The summed E-state index contributed by atoms with van der Waals surface area (Å²) in [7, 11) is 0. The van der Waals surface area contributed by atoms with Gasteiger partial charge in [0.05, 0.1) is 12.7 Å². The number of rotatable bonds is 9. The van der Waals surface area contributed by atoms with E-state index in [9.17, 15) is 5.11 Å². The standard InChI is InChI=1S/C18H37NO2/c1-6-19-18(5,14-20)9-7-8-10-21-16-11-15(2)12-17(3,4)13-16/h15-16,19-20H,6-14H2,1-5H3. The number of aliphatic hydroxyl groups excluding tert-OH is 1. The van der Waals surface area contributed by atoms with E-state index in [1.54, 1.807) is 0 Å². The molecular formula is C18H37NO2. The summed E-state index contributed by atoms with van der Waals surface area (Å²) in [6, 6.07) is 0. The molecule has 1 saturated carbocycles. The summed E-state index contributed by atoms with van der Waals surface area (Å²) in [5, 5.41) is 12.8. The van der Waals surface area contributed by atoms with Gasteiger partial charge >= 0.3 is 0 Å². The van der Waals surface area contributed by atoms with Crippen molar-refractivity contribution >= 4 is 0 Å². The first kappa shape index (κ1) is 18.9. The molecule has 0 aromatic carbocycles. The smallest absolute Gasteiger partial charge is 0.0610 e. The molecule has 2 N–H and O–H groups in total. The molecule has 1 aliphatic rings. The van der Waals surface area contributed by atoms with Gasteiger partial charge in [-0.15, -0.1) is 0 Å². The Bertz CT molecular complexity index is 293. The third kappa shape index (κ3) is 7.12. The highest BCUT2D eigenvalue weighted by atomic mass is 16.5. The minimum Gasteiger partial charge on any atom is -0.394 e. The van der Waals surface area contributed by atoms with E-state index < -0.39 is 0 Å². The maximum absolute atomic E-state index is 9.47. The fourth-order valence-corrected chi connectivity index (χ4v) is 3.90. The van der Waals surface area contributed by atoms with Crippen molar-refractivity contribution in [1.29, 1.82) is 0 Å². The molecule has 3 heteroatoms. The molecule has 3 unspecified atom stereocenters. The fraction of sp³-hybridized carbons (Fsp3) is 1.00. The summed E-state index contributed by atoms with van der Waals surface area (Å²) in [5.41, 5.74) is 0.304. The van der Waals surface area contributed by atoms with E-state index in [0.29, 0.717) is 11.5 Å². The summed E-state index contributed by atoms with van der Waals surface area (Å²) in [6.07, 6.45) is 7.39. The minimum atomic E-state index is -0.129. The Hall–Kier alpha value is -0.120. The average molecular weight is 299 g/mol. The molecule has 0 spiro atoms. The second-order valence-electron chi connectivity index (χ2n) is 8.11. The summed E-state index contributed by atoms with van der Waals surface area (Å²) < 4.78 is 6.11. The highest BCUT2D eigenvalue weighted by Crippen LogP contribution is 2.39.